The summed E-state index contributed by atoms with van der Waals surface area (Å²) in [6.07, 6.45) is 1.55. The number of anilines is 1. The quantitative estimate of drug-likeness (QED) is 0.623. The molecule has 1 aliphatic heterocycles. The van der Waals surface area contributed by atoms with Crippen molar-refractivity contribution >= 4 is 29.6 Å². The van der Waals surface area contributed by atoms with Crippen LogP contribution in [0.5, 0.6) is 0 Å². The predicted molar refractivity (Wildman–Crippen MR) is 111 cm³/mol. The first-order valence-corrected chi connectivity index (χ1v) is 9.38. The van der Waals surface area contributed by atoms with Crippen molar-refractivity contribution in [3.8, 4) is 0 Å². The highest BCUT2D eigenvalue weighted by molar-refractivity contribution is 6.39. The molecule has 2 heterocycles. The van der Waals surface area contributed by atoms with Crippen LogP contribution in [0, 0.1) is 27.7 Å². The van der Waals surface area contributed by atoms with E-state index in [-0.39, 0.29) is 5.57 Å². The van der Waals surface area contributed by atoms with Gasteiger partial charge in [-0.3, -0.25) is 14.9 Å². The fourth-order valence-electron chi connectivity index (χ4n) is 3.63. The number of amides is 4. The number of benzene rings is 1. The van der Waals surface area contributed by atoms with Crippen molar-refractivity contribution in [2.45, 2.75) is 34.2 Å². The first-order chi connectivity index (χ1) is 13.7. The number of carbonyl (C=O) groups is 3. The number of methoxy groups -OCH3 is 1. The maximum absolute atomic E-state index is 13.1. The van der Waals surface area contributed by atoms with Gasteiger partial charge in [-0.25, -0.2) is 9.69 Å². The van der Waals surface area contributed by atoms with Crippen LogP contribution >= 0.6 is 0 Å². The first kappa shape index (κ1) is 20.5. The number of aromatic nitrogens is 1. The Balaban J connectivity index is 2.02. The minimum absolute atomic E-state index is 0.0734. The topological polar surface area (TPSA) is 80.6 Å². The highest BCUT2D eigenvalue weighted by Gasteiger charge is 2.37. The van der Waals surface area contributed by atoms with Gasteiger partial charge in [0.1, 0.15) is 5.57 Å². The second-order valence-corrected chi connectivity index (χ2v) is 7.27. The lowest BCUT2D eigenvalue weighted by atomic mass is 10.1. The summed E-state index contributed by atoms with van der Waals surface area (Å²) in [7, 11) is 1.64. The Morgan fingerprint density at radius 1 is 1.00 bits per heavy atom. The normalized spacial score (nSPS) is 16.0. The third kappa shape index (κ3) is 4.00. The molecule has 3 rings (SSSR count). The van der Waals surface area contributed by atoms with Gasteiger partial charge in [-0.15, -0.1) is 0 Å². The van der Waals surface area contributed by atoms with Crippen LogP contribution in [0.2, 0.25) is 0 Å². The van der Waals surface area contributed by atoms with Crippen LogP contribution in [-0.2, 0) is 20.9 Å². The molecule has 2 aromatic rings. The van der Waals surface area contributed by atoms with E-state index >= 15 is 0 Å². The van der Waals surface area contributed by atoms with Gasteiger partial charge in [-0.05, 0) is 68.7 Å². The zero-order chi connectivity index (χ0) is 21.3. The number of hydrogen-bond acceptors (Lipinski definition) is 4. The lowest BCUT2D eigenvalue weighted by molar-refractivity contribution is -0.122. The molecule has 1 aromatic carbocycles. The van der Waals surface area contributed by atoms with Crippen LogP contribution in [0.3, 0.4) is 0 Å². The van der Waals surface area contributed by atoms with Gasteiger partial charge < -0.3 is 9.30 Å². The maximum atomic E-state index is 13.1. The van der Waals surface area contributed by atoms with E-state index in [1.807, 2.05) is 39.8 Å². The smallest absolute Gasteiger partial charge is 0.335 e. The van der Waals surface area contributed by atoms with Gasteiger partial charge in [0.15, 0.2) is 0 Å². The van der Waals surface area contributed by atoms with Crippen molar-refractivity contribution in [3.05, 3.63) is 57.9 Å². The molecule has 1 fully saturated rings. The number of barbiturate groups is 1. The fraction of sp³-hybridized carbons (Fsp3) is 0.318. The van der Waals surface area contributed by atoms with E-state index in [2.05, 4.69) is 9.88 Å². The predicted octanol–water partition coefficient (Wildman–Crippen LogP) is 3.03. The summed E-state index contributed by atoms with van der Waals surface area (Å²) >= 11 is 0. The van der Waals surface area contributed by atoms with Crippen molar-refractivity contribution in [1.82, 2.24) is 9.88 Å². The standard InChI is InChI=1S/C22H25N3O4/c1-13-8-14(2)10-18(9-13)25-21(27)19(20(26)23-22(25)28)12-17-11-15(3)24(16(17)4)6-7-29-5/h8-12H,6-7H2,1-5H3,(H,23,26,28)/b19-12+. The zero-order valence-corrected chi connectivity index (χ0v) is 17.3. The van der Waals surface area contributed by atoms with Gasteiger partial charge in [0, 0.05) is 25.0 Å². The largest absolute Gasteiger partial charge is 0.383 e. The number of urea groups is 1. The average molecular weight is 395 g/mol. The van der Waals surface area contributed by atoms with Crippen molar-refractivity contribution < 1.29 is 19.1 Å². The molecule has 0 bridgehead atoms. The summed E-state index contributed by atoms with van der Waals surface area (Å²) in [5.74, 6) is -1.33. The Labute approximate surface area is 169 Å². The summed E-state index contributed by atoms with van der Waals surface area (Å²) in [6, 6.07) is 6.61. The molecule has 4 amide bonds. The molecule has 1 saturated heterocycles. The molecule has 0 aliphatic carbocycles. The highest BCUT2D eigenvalue weighted by Crippen LogP contribution is 2.25. The van der Waals surface area contributed by atoms with Crippen LogP contribution in [0.15, 0.2) is 29.8 Å². The van der Waals surface area contributed by atoms with Gasteiger partial charge in [-0.1, -0.05) is 6.07 Å². The lowest BCUT2D eigenvalue weighted by Crippen LogP contribution is -2.54. The van der Waals surface area contributed by atoms with Crippen molar-refractivity contribution in [1.29, 1.82) is 0 Å². The number of carbonyl (C=O) groups excluding carboxylic acids is 3. The van der Waals surface area contributed by atoms with E-state index < -0.39 is 17.8 Å². The van der Waals surface area contributed by atoms with Crippen molar-refractivity contribution in [2.75, 3.05) is 18.6 Å². The summed E-state index contributed by atoms with van der Waals surface area (Å²) in [5.41, 5.74) is 4.88. The Morgan fingerprint density at radius 3 is 2.28 bits per heavy atom. The molecule has 0 saturated carbocycles. The Bertz CT molecular complexity index is 1010. The number of nitrogens with zero attached hydrogens (tertiary/aromatic N) is 2. The SMILES string of the molecule is COCCn1c(C)cc(/C=C2\C(=O)NC(=O)N(c3cc(C)cc(C)c3)C2=O)c1C. The number of imide groups is 2. The van der Waals surface area contributed by atoms with Crippen LogP contribution in [0.25, 0.3) is 6.08 Å². The summed E-state index contributed by atoms with van der Waals surface area (Å²) in [5, 5.41) is 2.27. The van der Waals surface area contributed by atoms with E-state index in [0.717, 1.165) is 33.0 Å². The molecule has 1 N–H and O–H groups in total. The monoisotopic (exact) mass is 395 g/mol. The minimum atomic E-state index is -0.743. The summed E-state index contributed by atoms with van der Waals surface area (Å²) < 4.78 is 7.21. The van der Waals surface area contributed by atoms with Gasteiger partial charge in [0.2, 0.25) is 0 Å². The number of aryl methyl sites for hydroxylation is 3. The van der Waals surface area contributed by atoms with E-state index in [0.29, 0.717) is 18.8 Å². The zero-order valence-electron chi connectivity index (χ0n) is 17.3. The third-order valence-corrected chi connectivity index (χ3v) is 5.00. The highest BCUT2D eigenvalue weighted by atomic mass is 16.5. The lowest BCUT2D eigenvalue weighted by Gasteiger charge is -2.27. The number of ether oxygens (including phenoxy) is 1. The van der Waals surface area contributed by atoms with Crippen LogP contribution < -0.4 is 10.2 Å². The van der Waals surface area contributed by atoms with Crippen molar-refractivity contribution in [3.63, 3.8) is 0 Å². The molecule has 29 heavy (non-hydrogen) atoms. The van der Waals surface area contributed by atoms with Crippen molar-refractivity contribution in [2.24, 2.45) is 0 Å². The van der Waals surface area contributed by atoms with E-state index in [9.17, 15) is 14.4 Å². The molecule has 0 spiro atoms. The third-order valence-electron chi connectivity index (χ3n) is 5.00. The van der Waals surface area contributed by atoms with E-state index in [1.165, 1.54) is 0 Å². The van der Waals surface area contributed by atoms with Gasteiger partial charge in [0.05, 0.1) is 12.3 Å². The molecule has 0 unspecified atom stereocenters. The molecule has 1 aliphatic rings. The molecular weight excluding hydrogens is 370 g/mol. The Morgan fingerprint density at radius 2 is 1.66 bits per heavy atom. The van der Waals surface area contributed by atoms with Gasteiger partial charge in [-0.2, -0.15) is 0 Å². The molecular formula is C22H25N3O4. The number of nitrogens with one attached hydrogen (secondary N) is 1. The molecule has 1 aromatic heterocycles. The molecule has 7 nitrogen and oxygen atoms in total. The first-order valence-electron chi connectivity index (χ1n) is 9.38. The molecule has 7 heteroatoms. The summed E-state index contributed by atoms with van der Waals surface area (Å²) in [6.45, 7) is 8.89. The van der Waals surface area contributed by atoms with Crippen LogP contribution in [-0.4, -0.2) is 36.1 Å². The number of rotatable bonds is 5. The van der Waals surface area contributed by atoms with Gasteiger partial charge >= 0.3 is 6.03 Å². The second-order valence-electron chi connectivity index (χ2n) is 7.27. The van der Waals surface area contributed by atoms with Gasteiger partial charge in [0.25, 0.3) is 11.8 Å². The van der Waals surface area contributed by atoms with Crippen LogP contribution in [0.4, 0.5) is 10.5 Å². The molecule has 0 radical (unpaired) electrons. The minimum Gasteiger partial charge on any atom is -0.383 e. The Hall–Kier alpha value is -3.19. The Kier molecular flexibility index (Phi) is 5.70. The molecule has 152 valence electrons. The van der Waals surface area contributed by atoms with E-state index in [4.69, 9.17) is 4.74 Å². The molecule has 0 atom stereocenters. The van der Waals surface area contributed by atoms with E-state index in [1.54, 1.807) is 25.3 Å². The average Bonchev–Trinajstić information content (AvgIpc) is 2.89. The fourth-order valence-corrected chi connectivity index (χ4v) is 3.63. The maximum Gasteiger partial charge on any atom is 0.335 e. The summed E-state index contributed by atoms with van der Waals surface area (Å²) in [4.78, 5) is 38.9. The van der Waals surface area contributed by atoms with Crippen LogP contribution in [0.1, 0.15) is 28.1 Å². The second kappa shape index (κ2) is 8.05. The number of hydrogen-bond donors (Lipinski definition) is 1.